The fourth-order valence-electron chi connectivity index (χ4n) is 3.08. The number of hydrogen-bond donors (Lipinski definition) is 1. The van der Waals surface area contributed by atoms with Crippen LogP contribution in [0.5, 0.6) is 5.75 Å². The van der Waals surface area contributed by atoms with E-state index in [0.29, 0.717) is 13.2 Å². The van der Waals surface area contributed by atoms with Gasteiger partial charge in [-0.05, 0) is 42.8 Å². The molecule has 2 aromatic carbocycles. The van der Waals surface area contributed by atoms with E-state index in [1.165, 1.54) is 23.5 Å². The number of nitrogens with zero attached hydrogens (tertiary/aromatic N) is 1. The molecule has 0 aliphatic carbocycles. The van der Waals surface area contributed by atoms with Crippen molar-refractivity contribution in [3.63, 3.8) is 0 Å². The maximum absolute atomic E-state index is 13.1. The molecule has 0 aromatic heterocycles. The van der Waals surface area contributed by atoms with Gasteiger partial charge < -0.3 is 14.8 Å². The quantitative estimate of drug-likeness (QED) is 0.683. The number of halogens is 1. The van der Waals surface area contributed by atoms with Crippen molar-refractivity contribution in [1.82, 2.24) is 9.62 Å². The minimum absolute atomic E-state index is 0.0235. The maximum atomic E-state index is 13.1. The Morgan fingerprint density at radius 1 is 1.21 bits per heavy atom. The number of amides is 1. The van der Waals surface area contributed by atoms with Gasteiger partial charge in [-0.3, -0.25) is 4.79 Å². The molecule has 9 heteroatoms. The molecule has 1 saturated heterocycles. The van der Waals surface area contributed by atoms with Crippen LogP contribution in [-0.4, -0.2) is 52.0 Å². The Balaban J connectivity index is 1.86. The topological polar surface area (TPSA) is 84.9 Å². The molecule has 3 rings (SSSR count). The minimum atomic E-state index is -3.80. The van der Waals surface area contributed by atoms with E-state index in [1.54, 1.807) is 6.07 Å². The molecule has 1 aliphatic rings. The molecule has 0 bridgehead atoms. The fourth-order valence-corrected chi connectivity index (χ4v) is 5.09. The molecule has 1 amide bonds. The lowest BCUT2D eigenvalue weighted by Crippen LogP contribution is -2.40. The summed E-state index contributed by atoms with van der Waals surface area (Å²) in [6.45, 7) is 3.08. The summed E-state index contributed by atoms with van der Waals surface area (Å²) in [4.78, 5) is 12.8. The molecule has 0 radical (unpaired) electrons. The molecule has 1 N–H and O–H groups in total. The number of hydrogen-bond acceptors (Lipinski definition) is 5. The molecule has 1 fully saturated rings. The molecule has 1 atom stereocenters. The number of ether oxygens (including phenoxy) is 2. The summed E-state index contributed by atoms with van der Waals surface area (Å²) in [5.41, 5.74) is 1.18. The van der Waals surface area contributed by atoms with Crippen molar-refractivity contribution in [2.45, 2.75) is 17.9 Å². The summed E-state index contributed by atoms with van der Waals surface area (Å²) >= 11 is 3.42. The van der Waals surface area contributed by atoms with Crippen LogP contribution in [0, 0.1) is 0 Å². The predicted molar refractivity (Wildman–Crippen MR) is 113 cm³/mol. The second-order valence-electron chi connectivity index (χ2n) is 6.63. The lowest BCUT2D eigenvalue weighted by atomic mass is 10.1. The van der Waals surface area contributed by atoms with E-state index in [0.717, 1.165) is 10.0 Å². The highest BCUT2D eigenvalue weighted by Crippen LogP contribution is 2.29. The van der Waals surface area contributed by atoms with Gasteiger partial charge in [0.2, 0.25) is 10.0 Å². The number of rotatable bonds is 6. The Morgan fingerprint density at radius 2 is 1.93 bits per heavy atom. The van der Waals surface area contributed by atoms with Gasteiger partial charge in [-0.25, -0.2) is 8.42 Å². The number of sulfonamides is 1. The van der Waals surface area contributed by atoms with Gasteiger partial charge in [0.25, 0.3) is 5.91 Å². The van der Waals surface area contributed by atoms with E-state index in [-0.39, 0.29) is 41.2 Å². The third-order valence-corrected chi connectivity index (χ3v) is 7.12. The van der Waals surface area contributed by atoms with E-state index >= 15 is 0 Å². The first kappa shape index (κ1) is 21.8. The number of carbonyl (C=O) groups excluding carboxylic acids is 1. The molecular weight excluding hydrogens is 460 g/mol. The monoisotopic (exact) mass is 482 g/mol. The van der Waals surface area contributed by atoms with Crippen LogP contribution in [0.15, 0.2) is 51.8 Å². The lowest BCUT2D eigenvalue weighted by Gasteiger charge is -2.26. The largest absolute Gasteiger partial charge is 0.495 e. The minimum Gasteiger partial charge on any atom is -0.495 e. The van der Waals surface area contributed by atoms with Gasteiger partial charge >= 0.3 is 0 Å². The Bertz CT molecular complexity index is 990. The number of benzene rings is 2. The molecule has 1 aliphatic heterocycles. The summed E-state index contributed by atoms with van der Waals surface area (Å²) in [5, 5.41) is 2.91. The van der Waals surface area contributed by atoms with E-state index in [4.69, 9.17) is 9.47 Å². The van der Waals surface area contributed by atoms with Gasteiger partial charge in [0, 0.05) is 23.1 Å². The second-order valence-corrected chi connectivity index (χ2v) is 9.45. The third-order valence-electron chi connectivity index (χ3n) is 4.71. The van der Waals surface area contributed by atoms with Crippen LogP contribution in [-0.2, 0) is 14.8 Å². The summed E-state index contributed by atoms with van der Waals surface area (Å²) in [6, 6.07) is 11.8. The molecule has 29 heavy (non-hydrogen) atoms. The zero-order valence-electron chi connectivity index (χ0n) is 16.2. The molecule has 0 unspecified atom stereocenters. The molecule has 0 spiro atoms. The Morgan fingerprint density at radius 3 is 2.59 bits per heavy atom. The van der Waals surface area contributed by atoms with Crippen molar-refractivity contribution < 1.29 is 22.7 Å². The lowest BCUT2D eigenvalue weighted by molar-refractivity contribution is 0.0729. The normalized spacial score (nSPS) is 16.2. The Kier molecular flexibility index (Phi) is 6.94. The summed E-state index contributed by atoms with van der Waals surface area (Å²) < 4.78 is 38.9. The van der Waals surface area contributed by atoms with Crippen LogP contribution in [0.25, 0.3) is 0 Å². The number of methoxy groups -OCH3 is 1. The van der Waals surface area contributed by atoms with Crippen molar-refractivity contribution in [3.8, 4) is 5.75 Å². The van der Waals surface area contributed by atoms with Crippen molar-refractivity contribution in [2.75, 3.05) is 33.4 Å². The molecular formula is C20H23BrN2O5S. The Hall–Kier alpha value is -1.94. The number of morpholine rings is 1. The van der Waals surface area contributed by atoms with E-state index in [9.17, 15) is 13.2 Å². The summed E-state index contributed by atoms with van der Waals surface area (Å²) in [5.74, 6) is -0.161. The van der Waals surface area contributed by atoms with E-state index in [2.05, 4.69) is 21.2 Å². The van der Waals surface area contributed by atoms with Gasteiger partial charge in [0.15, 0.2) is 0 Å². The van der Waals surface area contributed by atoms with Crippen LogP contribution in [0.2, 0.25) is 0 Å². The van der Waals surface area contributed by atoms with Gasteiger partial charge in [0.1, 0.15) is 10.6 Å². The standard InChI is InChI=1S/C20H23BrN2O5S/c1-14(15-4-3-5-17(21)12-15)22-20(24)16-6-7-18(27-2)19(13-16)29(25,26)23-8-10-28-11-9-23/h3-7,12-14H,8-11H2,1-2H3,(H,22,24)/t14-/m1/s1. The summed E-state index contributed by atoms with van der Waals surface area (Å²) in [6.07, 6.45) is 0. The van der Waals surface area contributed by atoms with Crippen molar-refractivity contribution in [1.29, 1.82) is 0 Å². The second kappa shape index (κ2) is 9.25. The van der Waals surface area contributed by atoms with Crippen LogP contribution >= 0.6 is 15.9 Å². The average molecular weight is 483 g/mol. The number of carbonyl (C=O) groups is 1. The van der Waals surface area contributed by atoms with Crippen LogP contribution < -0.4 is 10.1 Å². The number of nitrogens with one attached hydrogen (secondary N) is 1. The van der Waals surface area contributed by atoms with Gasteiger partial charge in [-0.2, -0.15) is 4.31 Å². The van der Waals surface area contributed by atoms with Crippen molar-refractivity contribution in [2.24, 2.45) is 0 Å². The highest BCUT2D eigenvalue weighted by molar-refractivity contribution is 9.10. The molecule has 1 heterocycles. The van der Waals surface area contributed by atoms with Crippen LogP contribution in [0.4, 0.5) is 0 Å². The molecule has 156 valence electrons. The SMILES string of the molecule is COc1ccc(C(=O)N[C@H](C)c2cccc(Br)c2)cc1S(=O)(=O)N1CCOCC1. The first-order valence-corrected chi connectivity index (χ1v) is 11.4. The van der Waals surface area contributed by atoms with Gasteiger partial charge in [-0.1, -0.05) is 28.1 Å². The highest BCUT2D eigenvalue weighted by atomic mass is 79.9. The smallest absolute Gasteiger partial charge is 0.251 e. The zero-order valence-corrected chi connectivity index (χ0v) is 18.6. The maximum Gasteiger partial charge on any atom is 0.251 e. The average Bonchev–Trinajstić information content (AvgIpc) is 2.73. The molecule has 2 aromatic rings. The first-order chi connectivity index (χ1) is 13.8. The predicted octanol–water partition coefficient (Wildman–Crippen LogP) is 2.97. The van der Waals surface area contributed by atoms with Crippen molar-refractivity contribution >= 4 is 31.9 Å². The van der Waals surface area contributed by atoms with Crippen LogP contribution in [0.3, 0.4) is 0 Å². The van der Waals surface area contributed by atoms with E-state index in [1.807, 2.05) is 31.2 Å². The third kappa shape index (κ3) is 4.98. The Labute approximate surface area is 179 Å². The highest BCUT2D eigenvalue weighted by Gasteiger charge is 2.30. The molecule has 7 nitrogen and oxygen atoms in total. The van der Waals surface area contributed by atoms with Gasteiger partial charge in [-0.15, -0.1) is 0 Å². The fraction of sp³-hybridized carbons (Fsp3) is 0.350. The first-order valence-electron chi connectivity index (χ1n) is 9.15. The molecule has 0 saturated carbocycles. The summed E-state index contributed by atoms with van der Waals surface area (Å²) in [7, 11) is -2.40. The van der Waals surface area contributed by atoms with E-state index < -0.39 is 10.0 Å². The van der Waals surface area contributed by atoms with Crippen LogP contribution in [0.1, 0.15) is 28.9 Å². The van der Waals surface area contributed by atoms with Crippen molar-refractivity contribution in [3.05, 3.63) is 58.1 Å². The van der Waals surface area contributed by atoms with Gasteiger partial charge in [0.05, 0.1) is 26.4 Å². The zero-order chi connectivity index (χ0) is 21.0.